The lowest BCUT2D eigenvalue weighted by Gasteiger charge is -2.40. The Morgan fingerprint density at radius 2 is 1.76 bits per heavy atom. The molecule has 1 aromatic carbocycles. The van der Waals surface area contributed by atoms with Crippen LogP contribution in [0.25, 0.3) is 33.4 Å². The van der Waals surface area contributed by atoms with Crippen molar-refractivity contribution in [2.24, 2.45) is 28.6 Å². The predicted molar refractivity (Wildman–Crippen MR) is 289 cm³/mol. The lowest BCUT2D eigenvalue weighted by molar-refractivity contribution is -0.156. The van der Waals surface area contributed by atoms with Gasteiger partial charge in [-0.3, -0.25) is 34.2 Å². The second-order valence-corrected chi connectivity index (χ2v) is 25.6. The molecule has 2 amide bonds. The first-order chi connectivity index (χ1) is 36.2. The van der Waals surface area contributed by atoms with Gasteiger partial charge in [-0.25, -0.2) is 10.4 Å². The summed E-state index contributed by atoms with van der Waals surface area (Å²) in [6.07, 6.45) is 10.0. The number of cyclic esters (lactones) is 1. The van der Waals surface area contributed by atoms with E-state index in [1.165, 1.54) is 12.8 Å². The number of benzene rings is 1. The number of carbonyl (C=O) groups excluding carboxylic acids is 3. The minimum atomic E-state index is -0.927. The van der Waals surface area contributed by atoms with Crippen LogP contribution in [0.5, 0.6) is 0 Å². The van der Waals surface area contributed by atoms with Crippen LogP contribution in [0.2, 0.25) is 0 Å². The van der Waals surface area contributed by atoms with Crippen LogP contribution in [0.15, 0.2) is 35.8 Å². The van der Waals surface area contributed by atoms with E-state index in [-0.39, 0.29) is 65.8 Å². The predicted octanol–water partition coefficient (Wildman–Crippen LogP) is 7.55. The number of aromatic nitrogens is 3. The number of methoxy groups -OCH3 is 1. The minimum absolute atomic E-state index is 0.0957. The number of anilines is 1. The number of piperazine rings is 1. The van der Waals surface area contributed by atoms with Gasteiger partial charge in [-0.15, -0.1) is 11.3 Å². The van der Waals surface area contributed by atoms with E-state index in [4.69, 9.17) is 28.9 Å². The van der Waals surface area contributed by atoms with E-state index in [0.29, 0.717) is 52.2 Å². The lowest BCUT2D eigenvalue weighted by atomic mass is 9.72. The van der Waals surface area contributed by atoms with Crippen LogP contribution in [0.1, 0.15) is 121 Å². The first kappa shape index (κ1) is 51.3. The lowest BCUT2D eigenvalue weighted by Crippen LogP contribution is -2.62. The van der Waals surface area contributed by atoms with E-state index < -0.39 is 23.5 Å². The average molecular weight is 1050 g/mol. The number of nitrogens with one attached hydrogen (secondary N) is 2. The Morgan fingerprint density at radius 1 is 0.987 bits per heavy atom. The third-order valence-electron chi connectivity index (χ3n) is 18.6. The summed E-state index contributed by atoms with van der Waals surface area (Å²) >= 11 is 1.57. The number of fused-ring (bicyclic) bond motifs is 7. The largest absolute Gasteiger partial charge is 0.464 e. The summed E-state index contributed by atoms with van der Waals surface area (Å²) in [6, 6.07) is 7.91. The Kier molecular flexibility index (Phi) is 13.9. The van der Waals surface area contributed by atoms with Gasteiger partial charge in [0.25, 0.3) is 5.91 Å². The molecule has 13 rings (SSSR count). The fourth-order valence-corrected chi connectivity index (χ4v) is 14.7. The van der Waals surface area contributed by atoms with Gasteiger partial charge in [0.1, 0.15) is 17.1 Å². The van der Waals surface area contributed by atoms with E-state index in [0.717, 1.165) is 120 Å². The molecule has 6 aliphatic heterocycles. The van der Waals surface area contributed by atoms with Gasteiger partial charge in [-0.1, -0.05) is 40.7 Å². The normalized spacial score (nSPS) is 31.0. The summed E-state index contributed by atoms with van der Waals surface area (Å²) < 4.78 is 27.3. The van der Waals surface area contributed by atoms with Crippen molar-refractivity contribution in [3.05, 3.63) is 52.1 Å². The van der Waals surface area contributed by atoms with Crippen molar-refractivity contribution in [1.82, 2.24) is 40.1 Å². The van der Waals surface area contributed by atoms with E-state index in [1.54, 1.807) is 23.5 Å². The highest BCUT2D eigenvalue weighted by Crippen LogP contribution is 2.55. The molecule has 16 nitrogen and oxygen atoms in total. The van der Waals surface area contributed by atoms with Crippen molar-refractivity contribution in [2.75, 3.05) is 77.7 Å². The van der Waals surface area contributed by atoms with Crippen LogP contribution in [-0.2, 0) is 46.3 Å². The zero-order valence-corrected chi connectivity index (χ0v) is 46.1. The van der Waals surface area contributed by atoms with Gasteiger partial charge < -0.3 is 33.7 Å². The summed E-state index contributed by atoms with van der Waals surface area (Å²) in [7, 11) is 1.75. The smallest absolute Gasteiger partial charge is 0.324 e. The zero-order chi connectivity index (χ0) is 51.9. The molecule has 3 saturated carbocycles. The molecule has 1 unspecified atom stereocenters. The molecule has 9 heterocycles. The molecule has 8 fully saturated rings. The molecule has 17 heteroatoms. The highest BCUT2D eigenvalue weighted by atomic mass is 32.1. The van der Waals surface area contributed by atoms with Crippen LogP contribution >= 0.6 is 11.3 Å². The van der Waals surface area contributed by atoms with Gasteiger partial charge in [0, 0.05) is 117 Å². The second-order valence-electron chi connectivity index (χ2n) is 24.7. The Morgan fingerprint density at radius 3 is 2.47 bits per heavy atom. The number of ether oxygens (including phenoxy) is 4. The van der Waals surface area contributed by atoms with Crippen LogP contribution in [0, 0.1) is 28.6 Å². The molecule has 8 bridgehead atoms. The van der Waals surface area contributed by atoms with Crippen LogP contribution < -0.4 is 15.6 Å². The van der Waals surface area contributed by atoms with Crippen molar-refractivity contribution in [2.45, 2.75) is 148 Å². The molecule has 5 saturated heterocycles. The van der Waals surface area contributed by atoms with Gasteiger partial charge in [-0.05, 0) is 106 Å². The van der Waals surface area contributed by atoms with E-state index in [1.807, 2.05) is 6.20 Å². The number of rotatable bonds is 12. The SMILES string of the molecule is CO[C@@H](C)c1ncc(N2CCN(C3CC3)CC2)cc1-c1c2c3cc(ccc3n1CCOC1CCOCC1)-c1csc(n1)[C@@H](N1CC3(C)CC1C3)[C@H](NC(=O)C1[C@@H](C)[C@H]1C)C(=O)N1CCC[C@H](N1)C(=O)OCC(C)(C)C2. The van der Waals surface area contributed by atoms with E-state index in [2.05, 4.69) is 101 Å². The maximum absolute atomic E-state index is 15.3. The zero-order valence-electron chi connectivity index (χ0n) is 45.3. The molecule has 2 N–H and O–H groups in total. The number of carbonyl (C=O) groups is 3. The molecule has 0 spiro atoms. The maximum Gasteiger partial charge on any atom is 0.324 e. The average Bonchev–Trinajstić information content (AvgIpc) is 4.19. The third kappa shape index (κ3) is 10.1. The molecule has 9 aliphatic rings. The molecule has 75 heavy (non-hydrogen) atoms. The quantitative estimate of drug-likeness (QED) is 0.134. The van der Waals surface area contributed by atoms with Gasteiger partial charge in [0.05, 0.1) is 60.4 Å². The molecular weight excluding hydrogens is 967 g/mol. The number of thiazole rings is 1. The van der Waals surface area contributed by atoms with Gasteiger partial charge in [0.2, 0.25) is 5.91 Å². The fourth-order valence-electron chi connectivity index (χ4n) is 13.7. The van der Waals surface area contributed by atoms with Crippen molar-refractivity contribution < 1.29 is 33.3 Å². The second kappa shape index (κ2) is 20.4. The summed E-state index contributed by atoms with van der Waals surface area (Å²) in [5.41, 5.74) is 11.0. The van der Waals surface area contributed by atoms with Crippen LogP contribution in [0.3, 0.4) is 0 Å². The highest BCUT2D eigenvalue weighted by molar-refractivity contribution is 7.10. The maximum atomic E-state index is 15.3. The molecule has 4 aromatic rings. The molecule has 0 radical (unpaired) electrons. The Balaban J connectivity index is 1.01. The monoisotopic (exact) mass is 1050 g/mol. The van der Waals surface area contributed by atoms with Crippen molar-refractivity contribution in [1.29, 1.82) is 0 Å². The van der Waals surface area contributed by atoms with E-state index in [9.17, 15) is 9.59 Å². The first-order valence-electron chi connectivity index (χ1n) is 28.3. The number of pyridine rings is 1. The molecule has 404 valence electrons. The van der Waals surface area contributed by atoms with Gasteiger partial charge >= 0.3 is 5.97 Å². The van der Waals surface area contributed by atoms with Crippen molar-refractivity contribution >= 4 is 45.7 Å². The number of hydrogen-bond donors (Lipinski definition) is 2. The van der Waals surface area contributed by atoms with Crippen LogP contribution in [0.4, 0.5) is 5.69 Å². The molecule has 3 aromatic heterocycles. The standard InChI is InChI=1S/C58H79N9O7S/c1-34-35(2)48(34)53(68)61-50-52(66-32-58(6)27-40(66)28-58)54-60-46(31-75-54)37-10-13-47-42(25-37)44(29-57(4,5)33-74-56(70)45-9-8-16-67(62-45)55(50)69)51(65(47)21-24-73-41-14-22-72-23-15-41)43-26-39(30-59-49(43)36(3)71-7)64-19-17-63(18-20-64)38-11-12-38/h10,13,25-26,30-31,34-36,38,40-41,45,48,50,52,62H,8-9,11-12,14-24,27-29,32-33H2,1-7H3,(H,61,68)/t34-,35+,36-,40?,45-,48?,50-,52-,58?/m0/s1. The van der Waals surface area contributed by atoms with Crippen molar-refractivity contribution in [3.63, 3.8) is 0 Å². The number of amides is 2. The number of hydrogen-bond acceptors (Lipinski definition) is 14. The minimum Gasteiger partial charge on any atom is -0.464 e. The topological polar surface area (TPSA) is 156 Å². The van der Waals surface area contributed by atoms with E-state index >= 15 is 4.79 Å². The Hall–Kier alpha value is -4.49. The summed E-state index contributed by atoms with van der Waals surface area (Å²) in [5, 5.41) is 8.96. The molecule has 3 aliphatic carbocycles. The summed E-state index contributed by atoms with van der Waals surface area (Å²) in [6.45, 7) is 20.8. The van der Waals surface area contributed by atoms with Crippen LogP contribution in [-0.4, -0.2) is 150 Å². The number of esters is 1. The molecule has 7 atom stereocenters. The van der Waals surface area contributed by atoms with Gasteiger partial charge in [0.15, 0.2) is 0 Å². The number of nitrogens with zero attached hydrogens (tertiary/aromatic N) is 7. The first-order valence-corrected chi connectivity index (χ1v) is 29.2. The number of hydrazine groups is 1. The third-order valence-corrected chi connectivity index (χ3v) is 19.5. The van der Waals surface area contributed by atoms with Crippen molar-refractivity contribution in [3.8, 4) is 22.5 Å². The Bertz CT molecular complexity index is 2780. The summed E-state index contributed by atoms with van der Waals surface area (Å²) in [4.78, 5) is 62.4. The Labute approximate surface area is 446 Å². The fraction of sp³-hybridized carbons (Fsp3) is 0.672. The molecular formula is C58H79N9O7S. The summed E-state index contributed by atoms with van der Waals surface area (Å²) in [5.74, 6) is -0.427. The van der Waals surface area contributed by atoms with Gasteiger partial charge in [-0.2, -0.15) is 0 Å². The highest BCUT2D eigenvalue weighted by Gasteiger charge is 2.58.